The zero-order valence-electron chi connectivity index (χ0n) is 12.3. The van der Waals surface area contributed by atoms with E-state index >= 15 is 0 Å². The topological polar surface area (TPSA) is 83.5 Å². The molecule has 1 rings (SSSR count). The van der Waals surface area contributed by atoms with Crippen LogP contribution < -0.4 is 4.72 Å². The second kappa shape index (κ2) is 6.53. The third-order valence-corrected chi connectivity index (χ3v) is 5.44. The lowest BCUT2D eigenvalue weighted by Crippen LogP contribution is -2.46. The van der Waals surface area contributed by atoms with Crippen LogP contribution in [-0.4, -0.2) is 25.0 Å². The van der Waals surface area contributed by atoms with Gasteiger partial charge < -0.3 is 5.11 Å². The summed E-state index contributed by atoms with van der Waals surface area (Å²) in [4.78, 5) is 10.7. The molecule has 0 aromatic heterocycles. The Morgan fingerprint density at radius 3 is 2.19 bits per heavy atom. The maximum absolute atomic E-state index is 13.3. The first-order chi connectivity index (χ1) is 9.71. The highest BCUT2D eigenvalue weighted by atomic mass is 32.2. The van der Waals surface area contributed by atoms with Crippen molar-refractivity contribution in [3.63, 3.8) is 0 Å². The zero-order chi connectivity index (χ0) is 16.3. The number of sulfonamides is 1. The van der Waals surface area contributed by atoms with Gasteiger partial charge >= 0.3 is 5.97 Å². The van der Waals surface area contributed by atoms with Crippen LogP contribution in [0.3, 0.4) is 0 Å². The summed E-state index contributed by atoms with van der Waals surface area (Å²) < 4.78 is 40.7. The van der Waals surface area contributed by atoms with Gasteiger partial charge in [0.1, 0.15) is 5.82 Å². The van der Waals surface area contributed by atoms with E-state index < -0.39 is 32.9 Å². The van der Waals surface area contributed by atoms with Crippen LogP contribution in [-0.2, 0) is 10.0 Å². The van der Waals surface area contributed by atoms with Gasteiger partial charge in [-0.15, -0.1) is 0 Å². The summed E-state index contributed by atoms with van der Waals surface area (Å²) in [6.07, 6.45) is 1.81. The molecule has 7 heteroatoms. The fourth-order valence-electron chi connectivity index (χ4n) is 2.15. The van der Waals surface area contributed by atoms with Crippen LogP contribution in [0.25, 0.3) is 0 Å². The van der Waals surface area contributed by atoms with Gasteiger partial charge in [-0.25, -0.2) is 22.3 Å². The van der Waals surface area contributed by atoms with Crippen LogP contribution in [0.1, 0.15) is 50.4 Å². The number of aromatic carboxylic acids is 1. The first-order valence-corrected chi connectivity index (χ1v) is 8.26. The van der Waals surface area contributed by atoms with E-state index in [9.17, 15) is 17.6 Å². The van der Waals surface area contributed by atoms with Crippen molar-refractivity contribution in [2.24, 2.45) is 0 Å². The molecule has 5 nitrogen and oxygen atoms in total. The molecule has 0 unspecified atom stereocenters. The molecule has 118 valence electrons. The van der Waals surface area contributed by atoms with E-state index in [1.165, 1.54) is 0 Å². The molecule has 0 saturated carbocycles. The summed E-state index contributed by atoms with van der Waals surface area (Å²) in [5, 5.41) is 8.87. The van der Waals surface area contributed by atoms with Crippen molar-refractivity contribution in [3.05, 3.63) is 29.6 Å². The molecular formula is C14H20FNO4S. The Labute approximate surface area is 124 Å². The summed E-state index contributed by atoms with van der Waals surface area (Å²) in [7, 11) is -3.91. The third kappa shape index (κ3) is 3.79. The van der Waals surface area contributed by atoms with Crippen molar-refractivity contribution in [2.75, 3.05) is 0 Å². The highest BCUT2D eigenvalue weighted by molar-refractivity contribution is 7.89. The number of halogens is 1. The average molecular weight is 317 g/mol. The minimum Gasteiger partial charge on any atom is -0.478 e. The van der Waals surface area contributed by atoms with E-state index in [0.717, 1.165) is 18.2 Å². The second-order valence-corrected chi connectivity index (χ2v) is 6.58. The molecule has 0 bridgehead atoms. The van der Waals surface area contributed by atoms with Gasteiger partial charge in [-0.05, 0) is 37.5 Å². The van der Waals surface area contributed by atoms with E-state index in [1.807, 2.05) is 20.8 Å². The van der Waals surface area contributed by atoms with E-state index in [4.69, 9.17) is 5.11 Å². The van der Waals surface area contributed by atoms with Gasteiger partial charge in [0.25, 0.3) is 0 Å². The van der Waals surface area contributed by atoms with Gasteiger partial charge in [0.05, 0.1) is 10.5 Å². The number of benzene rings is 1. The first-order valence-electron chi connectivity index (χ1n) is 6.78. The highest BCUT2D eigenvalue weighted by Crippen LogP contribution is 2.24. The monoisotopic (exact) mass is 317 g/mol. The maximum atomic E-state index is 13.3. The molecule has 0 spiro atoms. The van der Waals surface area contributed by atoms with Gasteiger partial charge in [-0.1, -0.05) is 20.8 Å². The molecule has 2 N–H and O–H groups in total. The Bertz CT molecular complexity index is 616. The molecule has 0 amide bonds. The minimum absolute atomic E-state index is 0.249. The number of hydrogen-bond acceptors (Lipinski definition) is 3. The Kier molecular flexibility index (Phi) is 5.47. The number of carboxylic acids is 1. The SMILES string of the molecule is CCC(CC)(CC)NS(=O)(=O)c1ccc(F)c(C(=O)O)c1. The predicted molar refractivity (Wildman–Crippen MR) is 77.3 cm³/mol. The zero-order valence-corrected chi connectivity index (χ0v) is 13.1. The summed E-state index contributed by atoms with van der Waals surface area (Å²) >= 11 is 0. The summed E-state index contributed by atoms with van der Waals surface area (Å²) in [6.45, 7) is 5.63. The lowest BCUT2D eigenvalue weighted by molar-refractivity contribution is 0.0691. The van der Waals surface area contributed by atoms with Gasteiger partial charge in [0.15, 0.2) is 0 Å². The average Bonchev–Trinajstić information content (AvgIpc) is 2.44. The number of carboxylic acid groups (broad SMARTS) is 1. The van der Waals surface area contributed by atoms with E-state index in [0.29, 0.717) is 19.3 Å². The van der Waals surface area contributed by atoms with Crippen molar-refractivity contribution in [1.82, 2.24) is 4.72 Å². The molecule has 21 heavy (non-hydrogen) atoms. The third-order valence-electron chi connectivity index (χ3n) is 3.86. The van der Waals surface area contributed by atoms with Crippen LogP contribution in [0, 0.1) is 5.82 Å². The fraction of sp³-hybridized carbons (Fsp3) is 0.500. The maximum Gasteiger partial charge on any atom is 0.338 e. The largest absolute Gasteiger partial charge is 0.478 e. The summed E-state index contributed by atoms with van der Waals surface area (Å²) in [5.74, 6) is -2.47. The first kappa shape index (κ1) is 17.6. The quantitative estimate of drug-likeness (QED) is 0.810. The van der Waals surface area contributed by atoms with Crippen molar-refractivity contribution >= 4 is 16.0 Å². The Hall–Kier alpha value is -1.47. The molecule has 0 saturated heterocycles. The molecule has 1 aromatic rings. The second-order valence-electron chi connectivity index (χ2n) is 4.89. The Balaban J connectivity index is 3.26. The predicted octanol–water partition coefficient (Wildman–Crippen LogP) is 2.77. The molecule has 0 radical (unpaired) electrons. The Morgan fingerprint density at radius 2 is 1.76 bits per heavy atom. The van der Waals surface area contributed by atoms with Crippen LogP contribution in [0.5, 0.6) is 0 Å². The highest BCUT2D eigenvalue weighted by Gasteiger charge is 2.31. The lowest BCUT2D eigenvalue weighted by Gasteiger charge is -2.31. The van der Waals surface area contributed by atoms with Crippen LogP contribution in [0.15, 0.2) is 23.1 Å². The standard InChI is InChI=1S/C14H20FNO4S/c1-4-14(5-2,6-3)16-21(19,20)10-7-8-12(15)11(9-10)13(17)18/h7-9,16H,4-6H2,1-3H3,(H,17,18). The van der Waals surface area contributed by atoms with Crippen LogP contribution in [0.2, 0.25) is 0 Å². The van der Waals surface area contributed by atoms with Crippen LogP contribution >= 0.6 is 0 Å². The van der Waals surface area contributed by atoms with E-state index in [2.05, 4.69) is 4.72 Å². The summed E-state index contributed by atoms with van der Waals surface area (Å²) in [6, 6.07) is 2.76. The molecule has 0 atom stereocenters. The number of carbonyl (C=O) groups is 1. The normalized spacial score (nSPS) is 12.4. The van der Waals surface area contributed by atoms with E-state index in [1.54, 1.807) is 0 Å². The molecular weight excluding hydrogens is 297 g/mol. The van der Waals surface area contributed by atoms with E-state index in [-0.39, 0.29) is 4.90 Å². The lowest BCUT2D eigenvalue weighted by atomic mass is 9.91. The molecule has 0 aliphatic heterocycles. The fourth-order valence-corrected chi connectivity index (χ4v) is 3.79. The van der Waals surface area contributed by atoms with Crippen molar-refractivity contribution in [3.8, 4) is 0 Å². The molecule has 0 aliphatic rings. The number of hydrogen-bond donors (Lipinski definition) is 2. The molecule has 1 aromatic carbocycles. The van der Waals surface area contributed by atoms with Gasteiger partial charge in [0, 0.05) is 5.54 Å². The number of rotatable bonds is 7. The van der Waals surface area contributed by atoms with Crippen molar-refractivity contribution in [2.45, 2.75) is 50.5 Å². The minimum atomic E-state index is -3.91. The molecule has 0 heterocycles. The molecule has 0 aliphatic carbocycles. The van der Waals surface area contributed by atoms with Gasteiger partial charge in [0.2, 0.25) is 10.0 Å². The van der Waals surface area contributed by atoms with Gasteiger partial charge in [-0.3, -0.25) is 0 Å². The van der Waals surface area contributed by atoms with Crippen molar-refractivity contribution in [1.29, 1.82) is 0 Å². The smallest absolute Gasteiger partial charge is 0.338 e. The van der Waals surface area contributed by atoms with Crippen LogP contribution in [0.4, 0.5) is 4.39 Å². The van der Waals surface area contributed by atoms with Gasteiger partial charge in [-0.2, -0.15) is 0 Å². The Morgan fingerprint density at radius 1 is 1.24 bits per heavy atom. The molecule has 0 fully saturated rings. The number of nitrogens with one attached hydrogen (secondary N) is 1. The summed E-state index contributed by atoms with van der Waals surface area (Å²) in [5.41, 5.74) is -1.25. The van der Waals surface area contributed by atoms with Crippen molar-refractivity contribution < 1.29 is 22.7 Å².